The van der Waals surface area contributed by atoms with E-state index in [-0.39, 0.29) is 11.5 Å². The van der Waals surface area contributed by atoms with Gasteiger partial charge in [-0.15, -0.1) is 11.8 Å². The van der Waals surface area contributed by atoms with Gasteiger partial charge in [0.05, 0.1) is 11.0 Å². The maximum atomic E-state index is 11.6. The molecule has 0 aliphatic carbocycles. The zero-order valence-corrected chi connectivity index (χ0v) is 10.2. The Bertz CT molecular complexity index is 389. The number of carboxylic acid groups (broad SMARTS) is 1. The molecule has 0 fully saturated rings. The summed E-state index contributed by atoms with van der Waals surface area (Å²) in [6, 6.07) is 6.55. The fourth-order valence-electron chi connectivity index (χ4n) is 0.991. The second-order valence-corrected chi connectivity index (χ2v) is 4.99. The summed E-state index contributed by atoms with van der Waals surface area (Å²) in [5.74, 6) is -0.835. The van der Waals surface area contributed by atoms with Crippen LogP contribution < -0.4 is 0 Å². The average Bonchev–Trinajstić information content (AvgIpc) is 2.26. The largest absolute Gasteiger partial charge is 0.480 e. The molecule has 1 aromatic rings. The summed E-state index contributed by atoms with van der Waals surface area (Å²) in [5, 5.41) is 8.65. The highest BCUT2D eigenvalue weighted by molar-refractivity contribution is 8.01. The van der Waals surface area contributed by atoms with Crippen LogP contribution in [0.2, 0.25) is 5.02 Å². The third-order valence-electron chi connectivity index (χ3n) is 1.98. The number of rotatable bonds is 5. The normalized spacial score (nSPS) is 12.1. The van der Waals surface area contributed by atoms with Gasteiger partial charge in [-0.1, -0.05) is 11.6 Å². The van der Waals surface area contributed by atoms with Gasteiger partial charge in [0.2, 0.25) is 0 Å². The van der Waals surface area contributed by atoms with E-state index < -0.39 is 11.2 Å². The third-order valence-corrected chi connectivity index (χ3v) is 3.36. The molecule has 86 valence electrons. The molecule has 0 saturated carbocycles. The quantitative estimate of drug-likeness (QED) is 0.825. The highest BCUT2D eigenvalue weighted by atomic mass is 35.5. The van der Waals surface area contributed by atoms with Crippen LogP contribution in [0.4, 0.5) is 0 Å². The van der Waals surface area contributed by atoms with Crippen molar-refractivity contribution in [3.05, 3.63) is 34.9 Å². The lowest BCUT2D eigenvalue weighted by Crippen LogP contribution is -2.14. The molecule has 0 aliphatic rings. The molecule has 0 spiro atoms. The molecule has 16 heavy (non-hydrogen) atoms. The number of halogens is 1. The monoisotopic (exact) mass is 258 g/mol. The van der Waals surface area contributed by atoms with E-state index in [9.17, 15) is 9.59 Å². The number of carbonyl (C=O) groups is 2. The summed E-state index contributed by atoms with van der Waals surface area (Å²) < 4.78 is 0. The van der Waals surface area contributed by atoms with Crippen LogP contribution in [0, 0.1) is 0 Å². The van der Waals surface area contributed by atoms with Gasteiger partial charge in [-0.2, -0.15) is 0 Å². The zero-order valence-electron chi connectivity index (χ0n) is 8.64. The molecule has 0 radical (unpaired) electrons. The van der Waals surface area contributed by atoms with E-state index in [1.54, 1.807) is 31.2 Å². The fraction of sp³-hybridized carbons (Fsp3) is 0.273. The summed E-state index contributed by atoms with van der Waals surface area (Å²) in [5.41, 5.74) is 0.550. The van der Waals surface area contributed by atoms with Gasteiger partial charge in [-0.3, -0.25) is 9.59 Å². The molecule has 1 rings (SSSR count). The standard InChI is InChI=1S/C11H11ClO3S/c1-7(11(14)15)16-6-10(13)8-2-4-9(12)5-3-8/h2-5,7H,6H2,1H3,(H,14,15). The number of thioether (sulfide) groups is 1. The van der Waals surface area contributed by atoms with Crippen molar-refractivity contribution < 1.29 is 14.7 Å². The minimum atomic E-state index is -0.908. The Morgan fingerprint density at radius 2 is 1.94 bits per heavy atom. The molecule has 1 aromatic carbocycles. The Hall–Kier alpha value is -1.00. The third kappa shape index (κ3) is 3.87. The maximum absolute atomic E-state index is 11.6. The Labute approximate surface area is 103 Å². The number of Topliss-reactive ketones (excluding diaryl/α,β-unsaturated/α-hetero) is 1. The van der Waals surface area contributed by atoms with Crippen molar-refractivity contribution in [3.8, 4) is 0 Å². The number of hydrogen-bond donors (Lipinski definition) is 1. The number of aliphatic carboxylic acids is 1. The molecule has 0 heterocycles. The Morgan fingerprint density at radius 1 is 1.38 bits per heavy atom. The van der Waals surface area contributed by atoms with Crippen molar-refractivity contribution >= 4 is 35.1 Å². The van der Waals surface area contributed by atoms with Crippen molar-refractivity contribution in [1.29, 1.82) is 0 Å². The SMILES string of the molecule is CC(SCC(=O)c1ccc(Cl)cc1)C(=O)O. The molecule has 0 amide bonds. The second kappa shape index (κ2) is 5.92. The van der Waals surface area contributed by atoms with E-state index in [0.717, 1.165) is 11.8 Å². The summed E-state index contributed by atoms with van der Waals surface area (Å²) in [6.45, 7) is 1.56. The minimum absolute atomic E-state index is 0.0882. The fourth-order valence-corrected chi connectivity index (χ4v) is 1.83. The molecule has 1 N–H and O–H groups in total. The smallest absolute Gasteiger partial charge is 0.316 e. The molecular weight excluding hydrogens is 248 g/mol. The van der Waals surface area contributed by atoms with Gasteiger partial charge in [0, 0.05) is 10.6 Å². The lowest BCUT2D eigenvalue weighted by molar-refractivity contribution is -0.136. The predicted molar refractivity (Wildman–Crippen MR) is 65.3 cm³/mol. The van der Waals surface area contributed by atoms with Gasteiger partial charge in [-0.25, -0.2) is 0 Å². The molecule has 3 nitrogen and oxygen atoms in total. The van der Waals surface area contributed by atoms with E-state index in [1.165, 1.54) is 0 Å². The van der Waals surface area contributed by atoms with Crippen LogP contribution in [0.1, 0.15) is 17.3 Å². The summed E-state index contributed by atoms with van der Waals surface area (Å²) in [4.78, 5) is 22.2. The Kier molecular flexibility index (Phi) is 4.83. The van der Waals surface area contributed by atoms with Crippen molar-refractivity contribution in [1.82, 2.24) is 0 Å². The first kappa shape index (κ1) is 13.1. The summed E-state index contributed by atoms with van der Waals surface area (Å²) >= 11 is 6.80. The molecule has 5 heteroatoms. The van der Waals surface area contributed by atoms with Gasteiger partial charge in [0.15, 0.2) is 5.78 Å². The first-order chi connectivity index (χ1) is 7.50. The number of benzene rings is 1. The van der Waals surface area contributed by atoms with Gasteiger partial charge in [0.1, 0.15) is 0 Å². The topological polar surface area (TPSA) is 54.4 Å². The Morgan fingerprint density at radius 3 is 2.44 bits per heavy atom. The minimum Gasteiger partial charge on any atom is -0.480 e. The van der Waals surface area contributed by atoms with E-state index >= 15 is 0 Å². The van der Waals surface area contributed by atoms with Gasteiger partial charge < -0.3 is 5.11 Å². The summed E-state index contributed by atoms with van der Waals surface area (Å²) in [7, 11) is 0. The number of ketones is 1. The molecule has 1 unspecified atom stereocenters. The molecular formula is C11H11ClO3S. The van der Waals surface area contributed by atoms with E-state index in [4.69, 9.17) is 16.7 Å². The molecule has 0 saturated heterocycles. The highest BCUT2D eigenvalue weighted by Gasteiger charge is 2.14. The van der Waals surface area contributed by atoms with Crippen LogP contribution in [-0.2, 0) is 4.79 Å². The van der Waals surface area contributed by atoms with E-state index in [1.807, 2.05) is 0 Å². The van der Waals surface area contributed by atoms with E-state index in [2.05, 4.69) is 0 Å². The van der Waals surface area contributed by atoms with Crippen molar-refractivity contribution in [2.24, 2.45) is 0 Å². The predicted octanol–water partition coefficient (Wildman–Crippen LogP) is 2.73. The highest BCUT2D eigenvalue weighted by Crippen LogP contribution is 2.15. The first-order valence-electron chi connectivity index (χ1n) is 4.64. The maximum Gasteiger partial charge on any atom is 0.316 e. The van der Waals surface area contributed by atoms with Crippen molar-refractivity contribution in [3.63, 3.8) is 0 Å². The first-order valence-corrected chi connectivity index (χ1v) is 6.06. The number of carbonyl (C=O) groups excluding carboxylic acids is 1. The molecule has 0 aliphatic heterocycles. The lowest BCUT2D eigenvalue weighted by atomic mass is 10.1. The Balaban J connectivity index is 2.53. The molecule has 0 bridgehead atoms. The van der Waals surface area contributed by atoms with Crippen LogP contribution >= 0.6 is 23.4 Å². The van der Waals surface area contributed by atoms with E-state index in [0.29, 0.717) is 10.6 Å². The van der Waals surface area contributed by atoms with Gasteiger partial charge in [0.25, 0.3) is 0 Å². The van der Waals surface area contributed by atoms with Crippen LogP contribution in [0.15, 0.2) is 24.3 Å². The van der Waals surface area contributed by atoms with Crippen LogP contribution in [0.5, 0.6) is 0 Å². The van der Waals surface area contributed by atoms with Crippen molar-refractivity contribution in [2.75, 3.05) is 5.75 Å². The average molecular weight is 259 g/mol. The van der Waals surface area contributed by atoms with Gasteiger partial charge in [-0.05, 0) is 31.2 Å². The number of carboxylic acids is 1. The molecule has 0 aromatic heterocycles. The van der Waals surface area contributed by atoms with Gasteiger partial charge >= 0.3 is 5.97 Å². The van der Waals surface area contributed by atoms with Crippen LogP contribution in [0.25, 0.3) is 0 Å². The summed E-state index contributed by atoms with van der Waals surface area (Å²) in [6.07, 6.45) is 0. The lowest BCUT2D eigenvalue weighted by Gasteiger charge is -2.05. The molecule has 1 atom stereocenters. The van der Waals surface area contributed by atoms with Crippen molar-refractivity contribution in [2.45, 2.75) is 12.2 Å². The zero-order chi connectivity index (χ0) is 12.1. The number of hydrogen-bond acceptors (Lipinski definition) is 3. The van der Waals surface area contributed by atoms with Crippen LogP contribution in [0.3, 0.4) is 0 Å². The van der Waals surface area contributed by atoms with Crippen LogP contribution in [-0.4, -0.2) is 27.9 Å². The second-order valence-electron chi connectivity index (χ2n) is 3.22.